The van der Waals surface area contributed by atoms with Crippen molar-refractivity contribution in [2.45, 2.75) is 26.0 Å². The third-order valence-corrected chi connectivity index (χ3v) is 5.53. The zero-order valence-electron chi connectivity index (χ0n) is 18.8. The average molecular weight is 465 g/mol. The Morgan fingerprint density at radius 1 is 1.26 bits per heavy atom. The summed E-state index contributed by atoms with van der Waals surface area (Å²) in [7, 11) is 3.11. The molecule has 4 rings (SSSR count). The van der Waals surface area contributed by atoms with E-state index in [1.54, 1.807) is 33.3 Å². The number of methoxy groups -OCH3 is 2. The summed E-state index contributed by atoms with van der Waals surface area (Å²) in [6.45, 7) is 1.82. The molecule has 0 spiro atoms. The van der Waals surface area contributed by atoms with Crippen LogP contribution in [0.4, 0.5) is 17.2 Å². The molecular weight excluding hydrogens is 442 g/mol. The van der Waals surface area contributed by atoms with Gasteiger partial charge >= 0.3 is 0 Å². The van der Waals surface area contributed by atoms with Crippen LogP contribution in [0.5, 0.6) is 5.75 Å². The smallest absolute Gasteiger partial charge is 0.274 e. The van der Waals surface area contributed by atoms with Gasteiger partial charge in [0.15, 0.2) is 0 Å². The Balaban J connectivity index is 1.61. The number of aryl methyl sites for hydroxylation is 1. The summed E-state index contributed by atoms with van der Waals surface area (Å²) in [5.41, 5.74) is 2.73. The number of aromatic nitrogens is 2. The molecule has 0 saturated carbocycles. The van der Waals surface area contributed by atoms with Crippen LogP contribution in [0.1, 0.15) is 23.7 Å². The fourth-order valence-electron chi connectivity index (χ4n) is 3.91. The van der Waals surface area contributed by atoms with Gasteiger partial charge in [0.1, 0.15) is 17.6 Å². The maximum atomic E-state index is 12.7. The minimum atomic E-state index is -0.884. The van der Waals surface area contributed by atoms with Gasteiger partial charge in [-0.3, -0.25) is 19.7 Å². The zero-order valence-corrected chi connectivity index (χ0v) is 18.8. The molecule has 11 nitrogen and oxygen atoms in total. The van der Waals surface area contributed by atoms with Gasteiger partial charge in [0, 0.05) is 24.4 Å². The quantitative estimate of drug-likeness (QED) is 0.384. The molecule has 1 atom stereocenters. The van der Waals surface area contributed by atoms with Crippen LogP contribution in [0.2, 0.25) is 0 Å². The van der Waals surface area contributed by atoms with Gasteiger partial charge in [0.05, 0.1) is 36.3 Å². The molecule has 2 amide bonds. The first-order valence-electron chi connectivity index (χ1n) is 10.4. The van der Waals surface area contributed by atoms with Crippen molar-refractivity contribution in [2.24, 2.45) is 0 Å². The molecule has 1 aliphatic rings. The number of amides is 2. The highest BCUT2D eigenvalue weighted by atomic mass is 16.6. The highest BCUT2D eigenvalue weighted by molar-refractivity contribution is 6.04. The van der Waals surface area contributed by atoms with Crippen molar-refractivity contribution in [3.05, 3.63) is 63.8 Å². The van der Waals surface area contributed by atoms with E-state index in [9.17, 15) is 19.7 Å². The van der Waals surface area contributed by atoms with Crippen LogP contribution in [0.15, 0.2) is 42.5 Å². The van der Waals surface area contributed by atoms with E-state index in [-0.39, 0.29) is 30.3 Å². The predicted octanol–water partition coefficient (Wildman–Crippen LogP) is 3.44. The summed E-state index contributed by atoms with van der Waals surface area (Å²) >= 11 is 0. The van der Waals surface area contributed by atoms with Crippen molar-refractivity contribution in [1.82, 2.24) is 9.78 Å². The SMILES string of the molecule is COCc1nn2c(c1-c1cccc(OC)c1)NC(=O)C2CC(=O)Nc1ccc(C)c([N+](=O)[O-])c1. The molecule has 2 N–H and O–H groups in total. The molecule has 34 heavy (non-hydrogen) atoms. The first-order chi connectivity index (χ1) is 16.3. The zero-order chi connectivity index (χ0) is 24.4. The number of fused-ring (bicyclic) bond motifs is 1. The van der Waals surface area contributed by atoms with Crippen molar-refractivity contribution in [2.75, 3.05) is 24.9 Å². The largest absolute Gasteiger partial charge is 0.497 e. The second kappa shape index (κ2) is 9.32. The van der Waals surface area contributed by atoms with Crippen LogP contribution in [0.3, 0.4) is 0 Å². The molecule has 3 aromatic rings. The number of ether oxygens (including phenoxy) is 2. The van der Waals surface area contributed by atoms with E-state index in [0.29, 0.717) is 28.4 Å². The Hall–Kier alpha value is -4.25. The summed E-state index contributed by atoms with van der Waals surface area (Å²) in [5, 5.41) is 21.2. The van der Waals surface area contributed by atoms with Crippen molar-refractivity contribution in [3.8, 4) is 16.9 Å². The van der Waals surface area contributed by atoms with Crippen LogP contribution in [0, 0.1) is 17.0 Å². The van der Waals surface area contributed by atoms with Gasteiger partial charge in [-0.2, -0.15) is 5.10 Å². The molecule has 0 radical (unpaired) electrons. The molecule has 1 aliphatic heterocycles. The highest BCUT2D eigenvalue weighted by Crippen LogP contribution is 2.39. The summed E-state index contributed by atoms with van der Waals surface area (Å²) in [4.78, 5) is 36.1. The molecule has 2 aromatic carbocycles. The van der Waals surface area contributed by atoms with E-state index in [4.69, 9.17) is 9.47 Å². The van der Waals surface area contributed by atoms with E-state index < -0.39 is 16.9 Å². The summed E-state index contributed by atoms with van der Waals surface area (Å²) in [5.74, 6) is 0.265. The van der Waals surface area contributed by atoms with Crippen molar-refractivity contribution < 1.29 is 24.0 Å². The van der Waals surface area contributed by atoms with Crippen LogP contribution in [-0.2, 0) is 20.9 Å². The third-order valence-electron chi connectivity index (χ3n) is 5.53. The lowest BCUT2D eigenvalue weighted by Gasteiger charge is -2.10. The lowest BCUT2D eigenvalue weighted by atomic mass is 10.1. The molecule has 2 heterocycles. The molecule has 11 heteroatoms. The Morgan fingerprint density at radius 3 is 2.76 bits per heavy atom. The normalized spacial score (nSPS) is 14.4. The van der Waals surface area contributed by atoms with E-state index >= 15 is 0 Å². The maximum absolute atomic E-state index is 12.7. The Bertz CT molecular complexity index is 1280. The minimum Gasteiger partial charge on any atom is -0.497 e. The molecular formula is C23H23N5O6. The molecule has 0 fully saturated rings. The van der Waals surface area contributed by atoms with Gasteiger partial charge in [0.2, 0.25) is 5.91 Å². The van der Waals surface area contributed by atoms with Crippen LogP contribution in [-0.4, -0.2) is 40.7 Å². The standard InChI is InChI=1S/C23H23N5O6/c1-13-7-8-15(10-18(13)28(31)32)24-20(29)11-19-23(30)25-22-21(17(12-33-2)26-27(19)22)14-5-4-6-16(9-14)34-3/h4-10,19H,11-12H2,1-3H3,(H,24,29)(H,25,30). The molecule has 176 valence electrons. The van der Waals surface area contributed by atoms with E-state index in [1.807, 2.05) is 24.3 Å². The van der Waals surface area contributed by atoms with E-state index in [0.717, 1.165) is 5.56 Å². The lowest BCUT2D eigenvalue weighted by Crippen LogP contribution is -2.24. The van der Waals surface area contributed by atoms with Crippen molar-refractivity contribution >= 4 is 29.0 Å². The summed E-state index contributed by atoms with van der Waals surface area (Å²) in [6, 6.07) is 10.9. The number of carbonyl (C=O) groups is 2. The molecule has 0 saturated heterocycles. The van der Waals surface area contributed by atoms with Crippen molar-refractivity contribution in [3.63, 3.8) is 0 Å². The van der Waals surface area contributed by atoms with Gasteiger partial charge in [-0.1, -0.05) is 18.2 Å². The van der Waals surface area contributed by atoms with Gasteiger partial charge in [-0.25, -0.2) is 4.68 Å². The highest BCUT2D eigenvalue weighted by Gasteiger charge is 2.37. The number of nitrogens with zero attached hydrogens (tertiary/aromatic N) is 3. The number of nitrogens with one attached hydrogen (secondary N) is 2. The molecule has 0 bridgehead atoms. The topological polar surface area (TPSA) is 138 Å². The van der Waals surface area contributed by atoms with E-state index in [1.165, 1.54) is 10.7 Å². The monoisotopic (exact) mass is 465 g/mol. The van der Waals surface area contributed by atoms with E-state index in [2.05, 4.69) is 15.7 Å². The number of hydrogen-bond acceptors (Lipinski definition) is 7. The minimum absolute atomic E-state index is 0.0992. The van der Waals surface area contributed by atoms with Crippen LogP contribution < -0.4 is 15.4 Å². The van der Waals surface area contributed by atoms with Crippen LogP contribution in [0.25, 0.3) is 11.1 Å². The molecule has 0 aliphatic carbocycles. The number of anilines is 2. The summed E-state index contributed by atoms with van der Waals surface area (Å²) in [6.07, 6.45) is -0.202. The first-order valence-corrected chi connectivity index (χ1v) is 10.4. The predicted molar refractivity (Wildman–Crippen MR) is 124 cm³/mol. The lowest BCUT2D eigenvalue weighted by molar-refractivity contribution is -0.385. The second-order valence-corrected chi connectivity index (χ2v) is 7.80. The number of benzene rings is 2. The second-order valence-electron chi connectivity index (χ2n) is 7.80. The van der Waals surface area contributed by atoms with Crippen LogP contribution >= 0.6 is 0 Å². The number of rotatable bonds is 8. The third kappa shape index (κ3) is 4.33. The average Bonchev–Trinajstić information content (AvgIpc) is 3.30. The fourth-order valence-corrected chi connectivity index (χ4v) is 3.91. The fraction of sp³-hybridized carbons (Fsp3) is 0.261. The van der Waals surface area contributed by atoms with Gasteiger partial charge in [0.25, 0.3) is 11.6 Å². The summed E-state index contributed by atoms with van der Waals surface area (Å²) < 4.78 is 12.1. The first kappa shape index (κ1) is 22.9. The van der Waals surface area contributed by atoms with Crippen molar-refractivity contribution in [1.29, 1.82) is 0 Å². The number of nitro groups is 1. The number of nitro benzene ring substituents is 1. The Morgan fingerprint density at radius 2 is 2.06 bits per heavy atom. The number of carbonyl (C=O) groups excluding carboxylic acids is 2. The van der Waals surface area contributed by atoms with Gasteiger partial charge < -0.3 is 20.1 Å². The number of hydrogen-bond donors (Lipinski definition) is 2. The Labute approximate surface area is 194 Å². The van der Waals surface area contributed by atoms with Gasteiger partial charge in [-0.15, -0.1) is 0 Å². The molecule has 1 aromatic heterocycles. The van der Waals surface area contributed by atoms with Gasteiger partial charge in [-0.05, 0) is 30.7 Å². The Kier molecular flexibility index (Phi) is 6.28. The molecule has 1 unspecified atom stereocenters. The maximum Gasteiger partial charge on any atom is 0.274 e.